The van der Waals surface area contributed by atoms with Crippen LogP contribution in [0.4, 0.5) is 0 Å². The first-order chi connectivity index (χ1) is 14.8. The quantitative estimate of drug-likeness (QED) is 0.436. The smallest absolute Gasteiger partial charge is 0.220 e. The van der Waals surface area contributed by atoms with Gasteiger partial charge in [0.15, 0.2) is 0 Å². The van der Waals surface area contributed by atoms with E-state index in [4.69, 9.17) is 4.74 Å². The van der Waals surface area contributed by atoms with Gasteiger partial charge in [-0.25, -0.2) is 0 Å². The largest absolute Gasteiger partial charge is 0.496 e. The third-order valence-corrected chi connectivity index (χ3v) is 5.48. The van der Waals surface area contributed by atoms with Crippen LogP contribution in [0.5, 0.6) is 5.75 Å². The minimum atomic E-state index is -0.103. The molecule has 4 rings (SSSR count). The van der Waals surface area contributed by atoms with E-state index in [1.807, 2.05) is 60.8 Å². The number of nitrogens with one attached hydrogen (secondary N) is 2. The second-order valence-corrected chi connectivity index (χ2v) is 7.37. The highest BCUT2D eigenvalue weighted by Crippen LogP contribution is 2.37. The lowest BCUT2D eigenvalue weighted by molar-refractivity contribution is -0.121. The Morgan fingerprint density at radius 3 is 2.50 bits per heavy atom. The van der Waals surface area contributed by atoms with E-state index < -0.39 is 0 Å². The van der Waals surface area contributed by atoms with Crippen molar-refractivity contribution in [1.82, 2.24) is 10.3 Å². The number of methoxy groups -OCH3 is 1. The first-order valence-corrected chi connectivity index (χ1v) is 10.3. The van der Waals surface area contributed by atoms with Gasteiger partial charge in [-0.1, -0.05) is 66.7 Å². The predicted molar refractivity (Wildman–Crippen MR) is 121 cm³/mol. The van der Waals surface area contributed by atoms with Crippen molar-refractivity contribution in [3.8, 4) is 5.75 Å². The molecule has 2 N–H and O–H groups in total. The number of hydrogen-bond acceptors (Lipinski definition) is 2. The fourth-order valence-electron chi connectivity index (χ4n) is 3.97. The molecule has 0 aliphatic carbocycles. The molecule has 0 spiro atoms. The zero-order valence-electron chi connectivity index (χ0n) is 17.1. The number of H-pyrrole nitrogens is 1. The second kappa shape index (κ2) is 9.31. The number of rotatable bonds is 8. The summed E-state index contributed by atoms with van der Waals surface area (Å²) in [4.78, 5) is 16.2. The number of ether oxygens (including phenoxy) is 1. The Morgan fingerprint density at radius 2 is 1.67 bits per heavy atom. The number of carbonyl (C=O) groups is 1. The number of carbonyl (C=O) groups excluding carboxylic acids is 1. The van der Waals surface area contributed by atoms with Gasteiger partial charge in [-0.2, -0.15) is 0 Å². The summed E-state index contributed by atoms with van der Waals surface area (Å²) in [5.74, 6) is 0.728. The Balaban J connectivity index is 1.57. The summed E-state index contributed by atoms with van der Waals surface area (Å²) in [5.41, 5.74) is 4.41. The summed E-state index contributed by atoms with van der Waals surface area (Å²) in [6.07, 6.45) is 3.19. The summed E-state index contributed by atoms with van der Waals surface area (Å²) in [6.45, 7) is 0.620. The summed E-state index contributed by atoms with van der Waals surface area (Å²) < 4.78 is 5.62. The Kier molecular flexibility index (Phi) is 6.14. The van der Waals surface area contributed by atoms with Crippen LogP contribution in [-0.2, 0) is 11.2 Å². The fourth-order valence-corrected chi connectivity index (χ4v) is 3.97. The molecule has 3 aromatic carbocycles. The van der Waals surface area contributed by atoms with Crippen LogP contribution in [0, 0.1) is 0 Å². The van der Waals surface area contributed by atoms with Crippen molar-refractivity contribution < 1.29 is 9.53 Å². The molecule has 0 saturated heterocycles. The van der Waals surface area contributed by atoms with Gasteiger partial charge in [0.05, 0.1) is 7.11 Å². The zero-order chi connectivity index (χ0) is 20.8. The van der Waals surface area contributed by atoms with Crippen LogP contribution in [0.25, 0.3) is 10.9 Å². The maximum Gasteiger partial charge on any atom is 0.220 e. The number of amides is 1. The summed E-state index contributed by atoms with van der Waals surface area (Å²) >= 11 is 0. The van der Waals surface area contributed by atoms with Gasteiger partial charge in [0.25, 0.3) is 0 Å². The van der Waals surface area contributed by atoms with E-state index in [0.717, 1.165) is 34.2 Å². The Bertz CT molecular complexity index is 1120. The average Bonchev–Trinajstić information content (AvgIpc) is 3.22. The number of aromatic nitrogens is 1. The van der Waals surface area contributed by atoms with Crippen molar-refractivity contribution in [1.29, 1.82) is 0 Å². The minimum Gasteiger partial charge on any atom is -0.496 e. The molecule has 0 fully saturated rings. The van der Waals surface area contributed by atoms with Gasteiger partial charge in [0.1, 0.15) is 5.75 Å². The third-order valence-electron chi connectivity index (χ3n) is 5.48. The number of aromatic amines is 1. The van der Waals surface area contributed by atoms with Crippen molar-refractivity contribution in [2.75, 3.05) is 13.7 Å². The van der Waals surface area contributed by atoms with E-state index in [-0.39, 0.29) is 11.8 Å². The maximum absolute atomic E-state index is 12.9. The van der Waals surface area contributed by atoms with Gasteiger partial charge in [-0.05, 0) is 29.7 Å². The highest BCUT2D eigenvalue weighted by atomic mass is 16.5. The van der Waals surface area contributed by atoms with Crippen molar-refractivity contribution in [3.05, 3.63) is 102 Å². The van der Waals surface area contributed by atoms with Gasteiger partial charge in [-0.15, -0.1) is 0 Å². The van der Waals surface area contributed by atoms with Crippen LogP contribution in [0.3, 0.4) is 0 Å². The van der Waals surface area contributed by atoms with Crippen LogP contribution in [0.1, 0.15) is 29.0 Å². The third kappa shape index (κ3) is 4.38. The van der Waals surface area contributed by atoms with Crippen molar-refractivity contribution in [3.63, 3.8) is 0 Å². The van der Waals surface area contributed by atoms with E-state index in [1.54, 1.807) is 7.11 Å². The molecule has 30 heavy (non-hydrogen) atoms. The molecular weight excluding hydrogens is 372 g/mol. The number of fused-ring (bicyclic) bond motifs is 1. The molecule has 1 unspecified atom stereocenters. The van der Waals surface area contributed by atoms with Gasteiger partial charge >= 0.3 is 0 Å². The van der Waals surface area contributed by atoms with Crippen LogP contribution >= 0.6 is 0 Å². The Labute approximate surface area is 176 Å². The monoisotopic (exact) mass is 398 g/mol. The van der Waals surface area contributed by atoms with E-state index in [0.29, 0.717) is 13.0 Å². The lowest BCUT2D eigenvalue weighted by Gasteiger charge is -2.20. The molecule has 1 heterocycles. The molecular formula is C26H26N2O2. The molecule has 4 nitrogen and oxygen atoms in total. The Morgan fingerprint density at radius 1 is 0.933 bits per heavy atom. The molecule has 1 amide bonds. The van der Waals surface area contributed by atoms with Gasteiger partial charge < -0.3 is 15.0 Å². The topological polar surface area (TPSA) is 54.1 Å². The van der Waals surface area contributed by atoms with Crippen LogP contribution in [-0.4, -0.2) is 24.5 Å². The zero-order valence-corrected chi connectivity index (χ0v) is 17.1. The van der Waals surface area contributed by atoms with E-state index in [1.165, 1.54) is 5.56 Å². The molecule has 1 aromatic heterocycles. The lowest BCUT2D eigenvalue weighted by Crippen LogP contribution is -2.27. The number of para-hydroxylation sites is 2. The fraction of sp³-hybridized carbons (Fsp3) is 0.192. The molecule has 0 aliphatic rings. The summed E-state index contributed by atoms with van der Waals surface area (Å²) in [7, 11) is 1.67. The van der Waals surface area contributed by atoms with Crippen molar-refractivity contribution in [2.45, 2.75) is 18.8 Å². The summed E-state index contributed by atoms with van der Waals surface area (Å²) in [5, 5.41) is 4.22. The molecule has 4 heteroatoms. The second-order valence-electron chi connectivity index (χ2n) is 7.37. The van der Waals surface area contributed by atoms with Crippen LogP contribution < -0.4 is 10.1 Å². The molecule has 152 valence electrons. The molecule has 0 radical (unpaired) electrons. The SMILES string of the molecule is COc1ccccc1C(CC(=O)NCCc1ccccc1)c1c[nH]c2ccccc12. The first kappa shape index (κ1) is 19.8. The average molecular weight is 399 g/mol. The van der Waals surface area contributed by atoms with Crippen molar-refractivity contribution in [2.24, 2.45) is 0 Å². The highest BCUT2D eigenvalue weighted by molar-refractivity contribution is 5.86. The standard InChI is InChI=1S/C26H26N2O2/c1-30-25-14-8-6-12-21(25)22(23-18-28-24-13-7-5-11-20(23)24)17-26(29)27-16-15-19-9-3-2-4-10-19/h2-14,18,22,28H,15-17H2,1H3,(H,27,29). The molecule has 0 bridgehead atoms. The van der Waals surface area contributed by atoms with Crippen LogP contribution in [0.2, 0.25) is 0 Å². The van der Waals surface area contributed by atoms with E-state index in [9.17, 15) is 4.79 Å². The highest BCUT2D eigenvalue weighted by Gasteiger charge is 2.24. The van der Waals surface area contributed by atoms with Crippen LogP contribution in [0.15, 0.2) is 85.1 Å². The first-order valence-electron chi connectivity index (χ1n) is 10.3. The van der Waals surface area contributed by atoms with Gasteiger partial charge in [0.2, 0.25) is 5.91 Å². The Hall–Kier alpha value is -3.53. The van der Waals surface area contributed by atoms with E-state index in [2.05, 4.69) is 34.6 Å². The van der Waals surface area contributed by atoms with Crippen molar-refractivity contribution >= 4 is 16.8 Å². The van der Waals surface area contributed by atoms with E-state index >= 15 is 0 Å². The lowest BCUT2D eigenvalue weighted by atomic mass is 9.87. The molecule has 1 atom stereocenters. The maximum atomic E-state index is 12.9. The summed E-state index contributed by atoms with van der Waals surface area (Å²) in [6, 6.07) is 26.3. The van der Waals surface area contributed by atoms with Gasteiger partial charge in [-0.3, -0.25) is 4.79 Å². The number of benzene rings is 3. The predicted octanol–water partition coefficient (Wildman–Crippen LogP) is 5.06. The molecule has 0 aliphatic heterocycles. The number of hydrogen-bond donors (Lipinski definition) is 2. The normalized spacial score (nSPS) is 11.9. The molecule has 0 saturated carbocycles. The minimum absolute atomic E-state index is 0.0344. The molecule has 4 aromatic rings. The van der Waals surface area contributed by atoms with Gasteiger partial charge in [0, 0.05) is 41.5 Å².